The van der Waals surface area contributed by atoms with E-state index in [1.54, 1.807) is 14.2 Å². The van der Waals surface area contributed by atoms with Crippen molar-refractivity contribution in [3.63, 3.8) is 0 Å². The van der Waals surface area contributed by atoms with Crippen molar-refractivity contribution in [2.75, 3.05) is 33.1 Å². The molecule has 0 saturated heterocycles. The maximum absolute atomic E-state index is 12.2. The van der Waals surface area contributed by atoms with Crippen molar-refractivity contribution in [2.45, 2.75) is 19.8 Å². The van der Waals surface area contributed by atoms with Gasteiger partial charge in [0.1, 0.15) is 17.4 Å². The quantitative estimate of drug-likeness (QED) is 0.426. The molecule has 0 amide bonds. The van der Waals surface area contributed by atoms with E-state index in [9.17, 15) is 8.42 Å². The van der Waals surface area contributed by atoms with Crippen LogP contribution >= 0.6 is 11.3 Å². The van der Waals surface area contributed by atoms with Gasteiger partial charge in [0.25, 0.3) is 0 Å². The Morgan fingerprint density at radius 3 is 2.47 bits per heavy atom. The lowest BCUT2D eigenvalue weighted by molar-refractivity contribution is 0.340. The molecular weight excluding hydrogens is 448 g/mol. The number of ether oxygens (including phenoxy) is 3. The van der Waals surface area contributed by atoms with E-state index in [1.165, 1.54) is 16.9 Å². The molecule has 0 spiro atoms. The van der Waals surface area contributed by atoms with Gasteiger partial charge in [0.05, 0.1) is 25.7 Å². The summed E-state index contributed by atoms with van der Waals surface area (Å²) in [6, 6.07) is 13.3. The number of hydrogen-bond donors (Lipinski definition) is 1. The van der Waals surface area contributed by atoms with Gasteiger partial charge in [-0.1, -0.05) is 19.1 Å². The molecule has 1 heterocycles. The lowest BCUT2D eigenvalue weighted by atomic mass is 10.2. The Hall–Kier alpha value is -2.62. The van der Waals surface area contributed by atoms with Crippen LogP contribution < -0.4 is 18.9 Å². The van der Waals surface area contributed by atoms with Gasteiger partial charge in [0.15, 0.2) is 11.5 Å². The predicted molar refractivity (Wildman–Crippen MR) is 127 cm³/mol. The number of aryl methyl sites for hydroxylation is 1. The number of sulfonamides is 1. The van der Waals surface area contributed by atoms with Crippen LogP contribution in [-0.4, -0.2) is 46.5 Å². The van der Waals surface area contributed by atoms with E-state index >= 15 is 0 Å². The molecule has 172 valence electrons. The molecule has 0 atom stereocenters. The molecule has 3 rings (SSSR count). The van der Waals surface area contributed by atoms with E-state index in [2.05, 4.69) is 16.6 Å². The van der Waals surface area contributed by atoms with Gasteiger partial charge in [0.2, 0.25) is 10.0 Å². The molecular formula is C23H28N2O5S2. The zero-order valence-corrected chi connectivity index (χ0v) is 20.1. The third-order valence-corrected chi connectivity index (χ3v) is 7.13. The van der Waals surface area contributed by atoms with Gasteiger partial charge in [-0.25, -0.2) is 18.1 Å². The molecule has 3 aromatic rings. The number of nitrogens with one attached hydrogen (secondary N) is 1. The lowest BCUT2D eigenvalue weighted by Crippen LogP contribution is -2.30. The molecule has 0 aliphatic heterocycles. The molecule has 32 heavy (non-hydrogen) atoms. The van der Waals surface area contributed by atoms with Gasteiger partial charge in [-0.3, -0.25) is 0 Å². The Morgan fingerprint density at radius 2 is 1.78 bits per heavy atom. The minimum Gasteiger partial charge on any atom is -0.493 e. The highest BCUT2D eigenvalue weighted by Gasteiger charge is 2.12. The molecule has 0 bridgehead atoms. The Bertz CT molecular complexity index is 1110. The predicted octanol–water partition coefficient (Wildman–Crippen LogP) is 3.93. The molecule has 2 aromatic carbocycles. The Balaban J connectivity index is 1.47. The van der Waals surface area contributed by atoms with Crippen LogP contribution in [0.4, 0.5) is 0 Å². The normalized spacial score (nSPS) is 11.3. The minimum absolute atomic E-state index is 0.0982. The highest BCUT2D eigenvalue weighted by atomic mass is 32.2. The SMILES string of the molecule is CCc1ccc(OCCS(=O)(=O)NCCc2csc(-c3ccc(OC)c(OC)c3)n2)cc1. The highest BCUT2D eigenvalue weighted by molar-refractivity contribution is 7.89. The van der Waals surface area contributed by atoms with Crippen LogP contribution in [0.2, 0.25) is 0 Å². The first-order chi connectivity index (χ1) is 15.4. The smallest absolute Gasteiger partial charge is 0.214 e. The van der Waals surface area contributed by atoms with Crippen LogP contribution in [0.3, 0.4) is 0 Å². The summed E-state index contributed by atoms with van der Waals surface area (Å²) in [5, 5.41) is 2.77. The second-order valence-corrected chi connectivity index (χ2v) is 9.81. The summed E-state index contributed by atoms with van der Waals surface area (Å²) in [4.78, 5) is 4.61. The summed E-state index contributed by atoms with van der Waals surface area (Å²) in [6.07, 6.45) is 1.45. The van der Waals surface area contributed by atoms with Crippen molar-refractivity contribution >= 4 is 21.4 Å². The summed E-state index contributed by atoms with van der Waals surface area (Å²) >= 11 is 1.50. The first kappa shape index (κ1) is 24.0. The first-order valence-electron chi connectivity index (χ1n) is 10.3. The van der Waals surface area contributed by atoms with Crippen LogP contribution in [0.5, 0.6) is 17.2 Å². The number of benzene rings is 2. The molecule has 1 aromatic heterocycles. The Morgan fingerprint density at radius 1 is 1.03 bits per heavy atom. The number of hydrogen-bond acceptors (Lipinski definition) is 7. The molecule has 0 saturated carbocycles. The van der Waals surface area contributed by atoms with Gasteiger partial charge in [0, 0.05) is 23.9 Å². The molecule has 0 aliphatic carbocycles. The number of rotatable bonds is 12. The summed E-state index contributed by atoms with van der Waals surface area (Å²) in [6.45, 7) is 2.46. The van der Waals surface area contributed by atoms with Crippen molar-refractivity contribution in [1.29, 1.82) is 0 Å². The number of thiazole rings is 1. The van der Waals surface area contributed by atoms with Crippen LogP contribution in [0.15, 0.2) is 47.8 Å². The zero-order valence-electron chi connectivity index (χ0n) is 18.5. The maximum Gasteiger partial charge on any atom is 0.214 e. The average molecular weight is 477 g/mol. The summed E-state index contributed by atoms with van der Waals surface area (Å²) < 4.78 is 43.2. The van der Waals surface area contributed by atoms with Crippen molar-refractivity contribution in [3.8, 4) is 27.8 Å². The van der Waals surface area contributed by atoms with E-state index in [0.29, 0.717) is 23.7 Å². The fraction of sp³-hybridized carbons (Fsp3) is 0.348. The molecule has 0 aliphatic rings. The molecule has 9 heteroatoms. The minimum atomic E-state index is -3.43. The molecule has 1 N–H and O–H groups in total. The second kappa shape index (κ2) is 11.3. The van der Waals surface area contributed by atoms with E-state index in [0.717, 1.165) is 22.7 Å². The van der Waals surface area contributed by atoms with Crippen molar-refractivity contribution < 1.29 is 22.6 Å². The first-order valence-corrected chi connectivity index (χ1v) is 12.8. The number of methoxy groups -OCH3 is 2. The van der Waals surface area contributed by atoms with Gasteiger partial charge >= 0.3 is 0 Å². The van der Waals surface area contributed by atoms with E-state index in [1.807, 2.05) is 47.8 Å². The maximum atomic E-state index is 12.2. The van der Waals surface area contributed by atoms with Gasteiger partial charge < -0.3 is 14.2 Å². The molecule has 7 nitrogen and oxygen atoms in total. The molecule has 0 radical (unpaired) electrons. The third kappa shape index (κ3) is 6.69. The Labute approximate surface area is 193 Å². The number of aromatic nitrogens is 1. The van der Waals surface area contributed by atoms with Crippen LogP contribution in [0, 0.1) is 0 Å². The van der Waals surface area contributed by atoms with Crippen molar-refractivity contribution in [1.82, 2.24) is 9.71 Å². The zero-order chi connectivity index (χ0) is 23.0. The van der Waals surface area contributed by atoms with Crippen LogP contribution in [0.25, 0.3) is 10.6 Å². The Kier molecular flexibility index (Phi) is 8.49. The highest BCUT2D eigenvalue weighted by Crippen LogP contribution is 2.33. The monoisotopic (exact) mass is 476 g/mol. The average Bonchev–Trinajstić information content (AvgIpc) is 3.27. The second-order valence-electron chi connectivity index (χ2n) is 7.02. The number of nitrogens with zero attached hydrogens (tertiary/aromatic N) is 1. The van der Waals surface area contributed by atoms with Gasteiger partial charge in [-0.2, -0.15) is 0 Å². The standard InChI is InChI=1S/C23H28N2O5S2/c1-4-17-5-8-20(9-6-17)30-13-14-32(26,27)24-12-11-19-16-31-23(25-19)18-7-10-21(28-2)22(15-18)29-3/h5-10,15-16,24H,4,11-14H2,1-3H3. The largest absolute Gasteiger partial charge is 0.493 e. The van der Waals surface area contributed by atoms with Crippen molar-refractivity contribution in [2.24, 2.45) is 0 Å². The fourth-order valence-electron chi connectivity index (χ4n) is 3.02. The third-order valence-electron chi connectivity index (χ3n) is 4.84. The van der Waals surface area contributed by atoms with Crippen LogP contribution in [-0.2, 0) is 22.9 Å². The van der Waals surface area contributed by atoms with Crippen molar-refractivity contribution in [3.05, 3.63) is 59.1 Å². The molecule has 0 unspecified atom stereocenters. The van der Waals surface area contributed by atoms with E-state index in [-0.39, 0.29) is 18.9 Å². The lowest BCUT2D eigenvalue weighted by Gasteiger charge is -2.09. The van der Waals surface area contributed by atoms with Gasteiger partial charge in [-0.05, 0) is 42.3 Å². The summed E-state index contributed by atoms with van der Waals surface area (Å²) in [5.41, 5.74) is 2.96. The van der Waals surface area contributed by atoms with E-state index < -0.39 is 10.0 Å². The van der Waals surface area contributed by atoms with Crippen LogP contribution in [0.1, 0.15) is 18.2 Å². The van der Waals surface area contributed by atoms with Gasteiger partial charge in [-0.15, -0.1) is 11.3 Å². The topological polar surface area (TPSA) is 86.8 Å². The summed E-state index contributed by atoms with van der Waals surface area (Å²) in [5.74, 6) is 1.86. The summed E-state index contributed by atoms with van der Waals surface area (Å²) in [7, 11) is -0.242. The molecule has 0 fully saturated rings. The van der Waals surface area contributed by atoms with E-state index in [4.69, 9.17) is 14.2 Å². The fourth-order valence-corrected chi connectivity index (χ4v) is 4.73.